The Morgan fingerprint density at radius 1 is 1.24 bits per heavy atom. The molecule has 6 heteroatoms. The Labute approximate surface area is 97.5 Å². The molecule has 0 aromatic carbocycles. The van der Waals surface area contributed by atoms with E-state index in [-0.39, 0.29) is 5.92 Å². The summed E-state index contributed by atoms with van der Waals surface area (Å²) in [4.78, 5) is 7.80. The van der Waals surface area contributed by atoms with Gasteiger partial charge in [-0.1, -0.05) is 0 Å². The molecule has 0 aliphatic carbocycles. The van der Waals surface area contributed by atoms with Gasteiger partial charge < -0.3 is 5.32 Å². The van der Waals surface area contributed by atoms with Crippen molar-refractivity contribution in [2.24, 2.45) is 0 Å². The molecule has 0 atom stereocenters. The standard InChI is InChI=1S/C11H14F3N3/c1-7-6-9(11(12,13)14)17-10(16-7)8-2-4-15-5-3-8/h6,8,15H,2-5H2,1H3. The van der Waals surface area contributed by atoms with Crippen molar-refractivity contribution in [3.8, 4) is 0 Å². The summed E-state index contributed by atoms with van der Waals surface area (Å²) >= 11 is 0. The molecule has 1 fully saturated rings. The molecule has 0 radical (unpaired) electrons. The highest BCUT2D eigenvalue weighted by Crippen LogP contribution is 2.30. The molecule has 1 aromatic heterocycles. The molecule has 1 aliphatic rings. The normalized spacial score (nSPS) is 18.4. The number of nitrogens with one attached hydrogen (secondary N) is 1. The van der Waals surface area contributed by atoms with E-state index in [2.05, 4.69) is 15.3 Å². The fraction of sp³-hybridized carbons (Fsp3) is 0.636. The number of aryl methyl sites for hydroxylation is 1. The summed E-state index contributed by atoms with van der Waals surface area (Å²) in [5, 5.41) is 3.17. The minimum atomic E-state index is -4.39. The van der Waals surface area contributed by atoms with E-state index in [0.717, 1.165) is 32.0 Å². The van der Waals surface area contributed by atoms with Gasteiger partial charge >= 0.3 is 6.18 Å². The first-order valence-corrected chi connectivity index (χ1v) is 5.60. The van der Waals surface area contributed by atoms with Gasteiger partial charge in [0.05, 0.1) is 0 Å². The Hall–Kier alpha value is -1.17. The maximum absolute atomic E-state index is 12.6. The van der Waals surface area contributed by atoms with Gasteiger partial charge in [0.25, 0.3) is 0 Å². The third-order valence-electron chi connectivity index (χ3n) is 2.87. The summed E-state index contributed by atoms with van der Waals surface area (Å²) < 4.78 is 37.8. The second kappa shape index (κ2) is 4.60. The van der Waals surface area contributed by atoms with Crippen molar-refractivity contribution in [2.45, 2.75) is 31.9 Å². The largest absolute Gasteiger partial charge is 0.433 e. The zero-order valence-electron chi connectivity index (χ0n) is 9.51. The van der Waals surface area contributed by atoms with Gasteiger partial charge in [-0.15, -0.1) is 0 Å². The first-order valence-electron chi connectivity index (χ1n) is 5.60. The van der Waals surface area contributed by atoms with E-state index in [4.69, 9.17) is 0 Å². The lowest BCUT2D eigenvalue weighted by molar-refractivity contribution is -0.141. The Morgan fingerprint density at radius 2 is 1.88 bits per heavy atom. The predicted molar refractivity (Wildman–Crippen MR) is 56.6 cm³/mol. The van der Waals surface area contributed by atoms with Crippen LogP contribution in [0.5, 0.6) is 0 Å². The third kappa shape index (κ3) is 2.94. The summed E-state index contributed by atoms with van der Waals surface area (Å²) in [5.41, 5.74) is -0.459. The maximum Gasteiger partial charge on any atom is 0.433 e. The van der Waals surface area contributed by atoms with E-state index in [0.29, 0.717) is 11.5 Å². The van der Waals surface area contributed by atoms with Gasteiger partial charge in [-0.25, -0.2) is 9.97 Å². The Kier molecular flexibility index (Phi) is 3.33. The molecule has 1 N–H and O–H groups in total. The first kappa shape index (κ1) is 12.3. The van der Waals surface area contributed by atoms with E-state index >= 15 is 0 Å². The first-order chi connectivity index (χ1) is 7.97. The Bertz CT molecular complexity index is 397. The van der Waals surface area contributed by atoms with Crippen molar-refractivity contribution in [3.05, 3.63) is 23.3 Å². The van der Waals surface area contributed by atoms with Crippen molar-refractivity contribution >= 4 is 0 Å². The molecule has 1 aromatic rings. The summed E-state index contributed by atoms with van der Waals surface area (Å²) in [6.07, 6.45) is -2.81. The van der Waals surface area contributed by atoms with Crippen LogP contribution in [0.3, 0.4) is 0 Å². The maximum atomic E-state index is 12.6. The molecular weight excluding hydrogens is 231 g/mol. The fourth-order valence-corrected chi connectivity index (χ4v) is 2.00. The van der Waals surface area contributed by atoms with E-state index in [1.54, 1.807) is 6.92 Å². The van der Waals surface area contributed by atoms with Gasteiger partial charge in [-0.3, -0.25) is 0 Å². The van der Waals surface area contributed by atoms with Crippen LogP contribution in [0.25, 0.3) is 0 Å². The van der Waals surface area contributed by atoms with Crippen LogP contribution < -0.4 is 5.32 Å². The second-order valence-corrected chi connectivity index (χ2v) is 4.27. The van der Waals surface area contributed by atoms with Gasteiger partial charge in [0.2, 0.25) is 0 Å². The van der Waals surface area contributed by atoms with Crippen molar-refractivity contribution in [2.75, 3.05) is 13.1 Å². The van der Waals surface area contributed by atoms with E-state index in [1.165, 1.54) is 0 Å². The number of nitrogens with zero attached hydrogens (tertiary/aromatic N) is 2. The van der Waals surface area contributed by atoms with Crippen LogP contribution in [0.1, 0.15) is 36.0 Å². The average molecular weight is 245 g/mol. The Morgan fingerprint density at radius 3 is 2.47 bits per heavy atom. The van der Waals surface area contributed by atoms with Crippen molar-refractivity contribution < 1.29 is 13.2 Å². The molecule has 0 bridgehead atoms. The molecule has 3 nitrogen and oxygen atoms in total. The molecule has 2 rings (SSSR count). The monoisotopic (exact) mass is 245 g/mol. The smallest absolute Gasteiger partial charge is 0.317 e. The van der Waals surface area contributed by atoms with Crippen molar-refractivity contribution in [1.29, 1.82) is 0 Å². The molecule has 2 heterocycles. The van der Waals surface area contributed by atoms with Crippen LogP contribution in [0.15, 0.2) is 6.07 Å². The zero-order valence-corrected chi connectivity index (χ0v) is 9.51. The highest BCUT2D eigenvalue weighted by atomic mass is 19.4. The molecule has 0 unspecified atom stereocenters. The highest BCUT2D eigenvalue weighted by molar-refractivity contribution is 5.15. The van der Waals surface area contributed by atoms with Crippen LogP contribution in [0.2, 0.25) is 0 Å². The highest BCUT2D eigenvalue weighted by Gasteiger charge is 2.34. The van der Waals surface area contributed by atoms with Crippen LogP contribution in [-0.2, 0) is 6.18 Å². The number of rotatable bonds is 1. The van der Waals surface area contributed by atoms with Crippen molar-refractivity contribution in [3.63, 3.8) is 0 Å². The number of aromatic nitrogens is 2. The topological polar surface area (TPSA) is 37.8 Å². The lowest BCUT2D eigenvalue weighted by Crippen LogP contribution is -2.28. The SMILES string of the molecule is Cc1cc(C(F)(F)F)nc(C2CCNCC2)n1. The lowest BCUT2D eigenvalue weighted by atomic mass is 9.97. The molecule has 0 spiro atoms. The van der Waals surface area contributed by atoms with Crippen LogP contribution >= 0.6 is 0 Å². The van der Waals surface area contributed by atoms with Crippen LogP contribution in [-0.4, -0.2) is 23.1 Å². The molecule has 94 valence electrons. The number of halogens is 3. The lowest BCUT2D eigenvalue weighted by Gasteiger charge is -2.22. The van der Waals surface area contributed by atoms with Gasteiger partial charge in [-0.2, -0.15) is 13.2 Å². The molecule has 1 aliphatic heterocycles. The molecule has 0 saturated carbocycles. The summed E-state index contributed by atoms with van der Waals surface area (Å²) in [7, 11) is 0. The molecule has 1 saturated heterocycles. The number of alkyl halides is 3. The fourth-order valence-electron chi connectivity index (χ4n) is 2.00. The van der Waals surface area contributed by atoms with E-state index in [1.807, 2.05) is 0 Å². The minimum absolute atomic E-state index is 0.0391. The zero-order chi connectivity index (χ0) is 12.5. The molecular formula is C11H14F3N3. The third-order valence-corrected chi connectivity index (χ3v) is 2.87. The van der Waals surface area contributed by atoms with Crippen molar-refractivity contribution in [1.82, 2.24) is 15.3 Å². The van der Waals surface area contributed by atoms with E-state index in [9.17, 15) is 13.2 Å². The minimum Gasteiger partial charge on any atom is -0.317 e. The van der Waals surface area contributed by atoms with Crippen LogP contribution in [0.4, 0.5) is 13.2 Å². The summed E-state index contributed by atoms with van der Waals surface area (Å²) in [6.45, 7) is 3.19. The molecule has 17 heavy (non-hydrogen) atoms. The van der Waals surface area contributed by atoms with E-state index < -0.39 is 11.9 Å². The number of hydrogen-bond acceptors (Lipinski definition) is 3. The average Bonchev–Trinajstić information content (AvgIpc) is 2.28. The van der Waals surface area contributed by atoms with Gasteiger partial charge in [0.1, 0.15) is 11.5 Å². The van der Waals surface area contributed by atoms with Crippen LogP contribution in [0, 0.1) is 6.92 Å². The second-order valence-electron chi connectivity index (χ2n) is 4.27. The molecule has 0 amide bonds. The summed E-state index contributed by atoms with van der Waals surface area (Å²) in [6, 6.07) is 0.991. The predicted octanol–water partition coefficient (Wildman–Crippen LogP) is 2.27. The number of hydrogen-bond donors (Lipinski definition) is 1. The van der Waals surface area contributed by atoms with Gasteiger partial charge in [-0.05, 0) is 38.9 Å². The van der Waals surface area contributed by atoms with Gasteiger partial charge in [0.15, 0.2) is 0 Å². The Balaban J connectivity index is 2.31. The quantitative estimate of drug-likeness (QED) is 0.824. The van der Waals surface area contributed by atoms with Gasteiger partial charge in [0, 0.05) is 11.6 Å². The summed E-state index contributed by atoms with van der Waals surface area (Å²) in [5.74, 6) is 0.371. The number of piperidine rings is 1.